The van der Waals surface area contributed by atoms with E-state index in [2.05, 4.69) is 0 Å². The zero-order valence-corrected chi connectivity index (χ0v) is 11.1. The lowest BCUT2D eigenvalue weighted by atomic mass is 9.72. The van der Waals surface area contributed by atoms with Crippen molar-refractivity contribution in [3.63, 3.8) is 0 Å². The minimum absolute atomic E-state index is 0.0417. The molecule has 3 fully saturated rings. The van der Waals surface area contributed by atoms with E-state index in [0.29, 0.717) is 12.8 Å². The monoisotopic (exact) mass is 280 g/mol. The van der Waals surface area contributed by atoms with E-state index in [1.54, 1.807) is 6.07 Å². The first-order chi connectivity index (χ1) is 9.35. The fourth-order valence-electron chi connectivity index (χ4n) is 3.82. The lowest BCUT2D eigenvalue weighted by Gasteiger charge is -2.37. The van der Waals surface area contributed by atoms with Crippen molar-refractivity contribution in [2.75, 3.05) is 5.73 Å². The number of hydrogen-bond donors (Lipinski definition) is 3. The topological polar surface area (TPSA) is 86.8 Å². The van der Waals surface area contributed by atoms with Crippen LogP contribution in [-0.4, -0.2) is 32.8 Å². The molecule has 20 heavy (non-hydrogen) atoms. The fourth-order valence-corrected chi connectivity index (χ4v) is 3.82. The Bertz CT molecular complexity index is 572. The van der Waals surface area contributed by atoms with Crippen molar-refractivity contribution in [2.24, 2.45) is 5.92 Å². The van der Waals surface area contributed by atoms with Crippen molar-refractivity contribution in [1.82, 2.24) is 4.90 Å². The number of nitrogens with two attached hydrogens (primary N) is 1. The Labute approximate surface area is 115 Å². The van der Waals surface area contributed by atoms with Gasteiger partial charge in [0, 0.05) is 11.1 Å². The molecule has 5 nitrogen and oxygen atoms in total. The van der Waals surface area contributed by atoms with Gasteiger partial charge in [0.05, 0.1) is 11.7 Å². The number of nitrogens with zero attached hydrogens (tertiary/aromatic N) is 1. The second-order valence-electron chi connectivity index (χ2n) is 6.00. The van der Waals surface area contributed by atoms with Crippen molar-refractivity contribution in [1.29, 1.82) is 0 Å². The minimum Gasteiger partial charge on any atom is -0.465 e. The van der Waals surface area contributed by atoms with Gasteiger partial charge in [-0.2, -0.15) is 0 Å². The largest absolute Gasteiger partial charge is 0.465 e. The smallest absolute Gasteiger partial charge is 0.408 e. The number of carbonyl (C=O) groups is 1. The van der Waals surface area contributed by atoms with Gasteiger partial charge < -0.3 is 15.9 Å². The molecule has 2 heterocycles. The van der Waals surface area contributed by atoms with Crippen molar-refractivity contribution in [2.45, 2.75) is 37.5 Å². The first kappa shape index (κ1) is 13.2. The van der Waals surface area contributed by atoms with E-state index in [1.807, 2.05) is 6.92 Å². The van der Waals surface area contributed by atoms with Crippen LogP contribution < -0.4 is 5.73 Å². The molecule has 0 aromatic heterocycles. The van der Waals surface area contributed by atoms with Crippen LogP contribution in [0.15, 0.2) is 18.2 Å². The molecule has 1 aromatic carbocycles. The maximum absolute atomic E-state index is 14.0. The summed E-state index contributed by atoms with van der Waals surface area (Å²) >= 11 is 0. The second-order valence-corrected chi connectivity index (χ2v) is 6.00. The maximum atomic E-state index is 14.0. The lowest BCUT2D eigenvalue weighted by molar-refractivity contribution is 0.0499. The number of nitrogen functional groups attached to an aromatic ring is 1. The molecular formula is C14H17FN2O3. The third-order valence-corrected chi connectivity index (χ3v) is 4.67. The molecular weight excluding hydrogens is 263 g/mol. The molecule has 0 spiro atoms. The summed E-state index contributed by atoms with van der Waals surface area (Å²) in [6.45, 7) is 1.86. The molecule has 0 radical (unpaired) electrons. The van der Waals surface area contributed by atoms with E-state index < -0.39 is 29.6 Å². The van der Waals surface area contributed by atoms with E-state index in [9.17, 15) is 19.4 Å². The van der Waals surface area contributed by atoms with Crippen LogP contribution in [0.3, 0.4) is 0 Å². The SMILES string of the molecule is CC12CC(C1)[C@H]([C@H](O)c1cccc(N)c1F)N2C(=O)O. The number of benzene rings is 1. The van der Waals surface area contributed by atoms with E-state index in [0.717, 1.165) is 0 Å². The Hall–Kier alpha value is -1.82. The molecule has 3 aliphatic rings. The van der Waals surface area contributed by atoms with Crippen LogP contribution in [0, 0.1) is 11.7 Å². The normalized spacial score (nSPS) is 32.9. The van der Waals surface area contributed by atoms with E-state index in [4.69, 9.17) is 5.73 Å². The predicted molar refractivity (Wildman–Crippen MR) is 70.6 cm³/mol. The molecule has 2 bridgehead atoms. The summed E-state index contributed by atoms with van der Waals surface area (Å²) in [5, 5.41) is 19.8. The van der Waals surface area contributed by atoms with Crippen LogP contribution in [0.1, 0.15) is 31.4 Å². The lowest BCUT2D eigenvalue weighted by Crippen LogP contribution is -2.47. The van der Waals surface area contributed by atoms with Gasteiger partial charge in [-0.1, -0.05) is 12.1 Å². The number of carboxylic acid groups (broad SMARTS) is 1. The van der Waals surface area contributed by atoms with Gasteiger partial charge in [-0.15, -0.1) is 0 Å². The molecule has 4 N–H and O–H groups in total. The molecule has 6 heteroatoms. The first-order valence-electron chi connectivity index (χ1n) is 6.59. The van der Waals surface area contributed by atoms with E-state index in [1.165, 1.54) is 17.0 Å². The van der Waals surface area contributed by atoms with Crippen molar-refractivity contribution in [3.05, 3.63) is 29.6 Å². The van der Waals surface area contributed by atoms with Crippen LogP contribution in [0.5, 0.6) is 0 Å². The summed E-state index contributed by atoms with van der Waals surface area (Å²) in [6, 6.07) is 3.82. The van der Waals surface area contributed by atoms with E-state index in [-0.39, 0.29) is 17.2 Å². The number of hydrogen-bond acceptors (Lipinski definition) is 3. The number of aliphatic hydroxyl groups excluding tert-OH is 1. The number of amides is 1. The van der Waals surface area contributed by atoms with Gasteiger partial charge in [0.15, 0.2) is 5.82 Å². The highest BCUT2D eigenvalue weighted by molar-refractivity contribution is 5.68. The zero-order valence-electron chi connectivity index (χ0n) is 11.1. The maximum Gasteiger partial charge on any atom is 0.408 e. The van der Waals surface area contributed by atoms with Crippen molar-refractivity contribution < 1.29 is 19.4 Å². The summed E-state index contributed by atoms with van der Waals surface area (Å²) in [7, 11) is 0. The quantitative estimate of drug-likeness (QED) is 0.723. The van der Waals surface area contributed by atoms with Gasteiger partial charge >= 0.3 is 6.09 Å². The molecule has 1 amide bonds. The Morgan fingerprint density at radius 1 is 1.55 bits per heavy atom. The summed E-state index contributed by atoms with van der Waals surface area (Å²) in [6.07, 6.45) is -0.833. The highest BCUT2D eigenvalue weighted by Gasteiger charge is 2.63. The van der Waals surface area contributed by atoms with Crippen LogP contribution >= 0.6 is 0 Å². The van der Waals surface area contributed by atoms with Crippen molar-refractivity contribution in [3.8, 4) is 0 Å². The number of anilines is 1. The third-order valence-electron chi connectivity index (χ3n) is 4.67. The summed E-state index contributed by atoms with van der Waals surface area (Å²) in [4.78, 5) is 12.7. The van der Waals surface area contributed by atoms with Gasteiger partial charge in [0.2, 0.25) is 0 Å². The molecule has 2 aliphatic heterocycles. The Kier molecular flexibility index (Phi) is 2.69. The highest BCUT2D eigenvalue weighted by Crippen LogP contribution is 2.57. The van der Waals surface area contributed by atoms with Gasteiger partial charge in [-0.25, -0.2) is 9.18 Å². The molecule has 1 saturated carbocycles. The number of fused-ring (bicyclic) bond motifs is 1. The zero-order chi connectivity index (χ0) is 14.7. The molecule has 1 aliphatic carbocycles. The number of halogens is 1. The fraction of sp³-hybridized carbons (Fsp3) is 0.500. The van der Waals surface area contributed by atoms with Crippen LogP contribution in [0.25, 0.3) is 0 Å². The Balaban J connectivity index is 1.97. The van der Waals surface area contributed by atoms with Crippen LogP contribution in [0.4, 0.5) is 14.9 Å². The molecule has 108 valence electrons. The average molecular weight is 280 g/mol. The third kappa shape index (κ3) is 1.61. The standard InChI is InChI=1S/C14H17FN2O3/c1-14-5-7(6-14)11(17(14)13(19)20)12(18)8-3-2-4-9(16)10(8)15/h2-4,7,11-12,18H,5-6,16H2,1H3,(H,19,20)/t7?,11-,12-,14?/m1/s1. The molecule has 4 rings (SSSR count). The predicted octanol–water partition coefficient (Wildman–Crippen LogP) is 1.97. The molecule has 1 aromatic rings. The summed E-state index contributed by atoms with van der Waals surface area (Å²) < 4.78 is 14.0. The van der Waals surface area contributed by atoms with Gasteiger partial charge in [0.1, 0.15) is 6.10 Å². The van der Waals surface area contributed by atoms with Gasteiger partial charge in [-0.05, 0) is 31.7 Å². The van der Waals surface area contributed by atoms with Crippen LogP contribution in [-0.2, 0) is 0 Å². The van der Waals surface area contributed by atoms with Crippen LogP contribution in [0.2, 0.25) is 0 Å². The molecule has 2 saturated heterocycles. The molecule has 0 unspecified atom stereocenters. The summed E-state index contributed by atoms with van der Waals surface area (Å²) in [5.74, 6) is -0.591. The Morgan fingerprint density at radius 2 is 2.20 bits per heavy atom. The van der Waals surface area contributed by atoms with Crippen molar-refractivity contribution >= 4 is 11.8 Å². The number of rotatable bonds is 2. The summed E-state index contributed by atoms with van der Waals surface area (Å²) in [5.41, 5.74) is 5.10. The van der Waals surface area contributed by atoms with Gasteiger partial charge in [-0.3, -0.25) is 4.90 Å². The highest BCUT2D eigenvalue weighted by atomic mass is 19.1. The first-order valence-corrected chi connectivity index (χ1v) is 6.59. The second kappa shape index (κ2) is 4.09. The average Bonchev–Trinajstić information content (AvgIpc) is 2.80. The van der Waals surface area contributed by atoms with E-state index >= 15 is 0 Å². The Morgan fingerprint density at radius 3 is 2.80 bits per heavy atom. The number of aliphatic hydroxyl groups is 1. The minimum atomic E-state index is -1.19. The molecule has 2 atom stereocenters. The van der Waals surface area contributed by atoms with Gasteiger partial charge in [0.25, 0.3) is 0 Å².